The van der Waals surface area contributed by atoms with Gasteiger partial charge in [-0.05, 0) is 35.8 Å². The first-order chi connectivity index (χ1) is 6.67. The van der Waals surface area contributed by atoms with Gasteiger partial charge >= 0.3 is 0 Å². The SMILES string of the molecule is CC.CC1(C)CCc2ccccc2C1. The van der Waals surface area contributed by atoms with Crippen LogP contribution >= 0.6 is 0 Å². The van der Waals surface area contributed by atoms with Crippen LogP contribution in [0.4, 0.5) is 0 Å². The fraction of sp³-hybridized carbons (Fsp3) is 0.571. The second-order valence-electron chi connectivity index (χ2n) is 4.61. The summed E-state index contributed by atoms with van der Waals surface area (Å²) in [7, 11) is 0. The Morgan fingerprint density at radius 3 is 2.21 bits per heavy atom. The molecule has 0 heteroatoms. The number of hydrogen-bond acceptors (Lipinski definition) is 0. The number of benzene rings is 1. The van der Waals surface area contributed by atoms with E-state index in [4.69, 9.17) is 0 Å². The minimum atomic E-state index is 0.522. The summed E-state index contributed by atoms with van der Waals surface area (Å²) < 4.78 is 0. The molecule has 0 N–H and O–H groups in total. The van der Waals surface area contributed by atoms with Gasteiger partial charge in [-0.1, -0.05) is 52.0 Å². The van der Waals surface area contributed by atoms with Crippen LogP contribution in [-0.2, 0) is 12.8 Å². The Kier molecular flexibility index (Phi) is 3.74. The van der Waals surface area contributed by atoms with E-state index in [9.17, 15) is 0 Å². The summed E-state index contributed by atoms with van der Waals surface area (Å²) in [5, 5.41) is 0. The van der Waals surface area contributed by atoms with E-state index in [0.29, 0.717) is 5.41 Å². The van der Waals surface area contributed by atoms with Crippen molar-refractivity contribution >= 4 is 0 Å². The molecule has 0 saturated heterocycles. The molecule has 0 aliphatic heterocycles. The monoisotopic (exact) mass is 190 g/mol. The molecule has 0 radical (unpaired) electrons. The molecule has 14 heavy (non-hydrogen) atoms. The lowest BCUT2D eigenvalue weighted by Gasteiger charge is -2.31. The molecule has 0 unspecified atom stereocenters. The number of fused-ring (bicyclic) bond motifs is 1. The highest BCUT2D eigenvalue weighted by Gasteiger charge is 2.24. The molecule has 0 fully saturated rings. The van der Waals surface area contributed by atoms with Crippen molar-refractivity contribution in [3.63, 3.8) is 0 Å². The van der Waals surface area contributed by atoms with Crippen LogP contribution in [0.3, 0.4) is 0 Å². The lowest BCUT2D eigenvalue weighted by molar-refractivity contribution is 0.315. The summed E-state index contributed by atoms with van der Waals surface area (Å²) >= 11 is 0. The zero-order valence-corrected chi connectivity index (χ0v) is 9.93. The summed E-state index contributed by atoms with van der Waals surface area (Å²) in [5.41, 5.74) is 3.65. The Hall–Kier alpha value is -0.780. The topological polar surface area (TPSA) is 0 Å². The summed E-state index contributed by atoms with van der Waals surface area (Å²) in [4.78, 5) is 0. The third-order valence-electron chi connectivity index (χ3n) is 2.86. The highest BCUT2D eigenvalue weighted by Crippen LogP contribution is 2.34. The molecule has 1 aliphatic rings. The Morgan fingerprint density at radius 1 is 1.00 bits per heavy atom. The van der Waals surface area contributed by atoms with Crippen LogP contribution in [0.25, 0.3) is 0 Å². The van der Waals surface area contributed by atoms with Gasteiger partial charge in [0.2, 0.25) is 0 Å². The molecular formula is C14H22. The van der Waals surface area contributed by atoms with Gasteiger partial charge in [0.1, 0.15) is 0 Å². The Bertz CT molecular complexity index is 284. The smallest absolute Gasteiger partial charge is 0.0224 e. The molecule has 78 valence electrons. The highest BCUT2D eigenvalue weighted by atomic mass is 14.3. The lowest BCUT2D eigenvalue weighted by atomic mass is 9.74. The van der Waals surface area contributed by atoms with Gasteiger partial charge in [0.25, 0.3) is 0 Å². The Balaban J connectivity index is 0.000000461. The van der Waals surface area contributed by atoms with E-state index in [1.807, 2.05) is 13.8 Å². The third kappa shape index (κ3) is 2.60. The summed E-state index contributed by atoms with van der Waals surface area (Å²) in [6.45, 7) is 8.73. The van der Waals surface area contributed by atoms with Crippen molar-refractivity contribution in [1.82, 2.24) is 0 Å². The number of aryl methyl sites for hydroxylation is 1. The van der Waals surface area contributed by atoms with E-state index in [1.54, 1.807) is 11.1 Å². The normalized spacial score (nSPS) is 17.7. The fourth-order valence-electron chi connectivity index (χ4n) is 2.05. The molecule has 1 aromatic carbocycles. The lowest BCUT2D eigenvalue weighted by Crippen LogP contribution is -2.21. The van der Waals surface area contributed by atoms with Crippen LogP contribution < -0.4 is 0 Å². The standard InChI is InChI=1S/C12H16.C2H6/c1-12(2)8-7-10-5-3-4-6-11(10)9-12;1-2/h3-6H,7-9H2,1-2H3;1-2H3. The molecule has 0 heterocycles. The van der Waals surface area contributed by atoms with Crippen LogP contribution in [0.15, 0.2) is 24.3 Å². The highest BCUT2D eigenvalue weighted by molar-refractivity contribution is 5.30. The van der Waals surface area contributed by atoms with Gasteiger partial charge < -0.3 is 0 Å². The van der Waals surface area contributed by atoms with Gasteiger partial charge in [-0.2, -0.15) is 0 Å². The molecule has 0 saturated carbocycles. The van der Waals surface area contributed by atoms with Crippen LogP contribution in [0.2, 0.25) is 0 Å². The van der Waals surface area contributed by atoms with E-state index < -0.39 is 0 Å². The predicted octanol–water partition coefficient (Wildman–Crippen LogP) is 4.23. The first kappa shape index (κ1) is 11.3. The quantitative estimate of drug-likeness (QED) is 0.574. The molecule has 0 spiro atoms. The van der Waals surface area contributed by atoms with Gasteiger partial charge in [0, 0.05) is 0 Å². The minimum Gasteiger partial charge on any atom is -0.0683 e. The van der Waals surface area contributed by atoms with Crippen LogP contribution in [0.5, 0.6) is 0 Å². The van der Waals surface area contributed by atoms with Crippen LogP contribution in [0, 0.1) is 5.41 Å². The van der Waals surface area contributed by atoms with Gasteiger partial charge in [0.05, 0.1) is 0 Å². The number of rotatable bonds is 0. The van der Waals surface area contributed by atoms with Gasteiger partial charge in [0.15, 0.2) is 0 Å². The van der Waals surface area contributed by atoms with Gasteiger partial charge in [-0.3, -0.25) is 0 Å². The minimum absolute atomic E-state index is 0.522. The summed E-state index contributed by atoms with van der Waals surface area (Å²) in [6, 6.07) is 8.85. The Labute approximate surface area is 88.4 Å². The maximum atomic E-state index is 2.36. The molecule has 1 aromatic rings. The van der Waals surface area contributed by atoms with E-state index in [1.165, 1.54) is 19.3 Å². The van der Waals surface area contributed by atoms with E-state index in [2.05, 4.69) is 38.1 Å². The zero-order chi connectivity index (χ0) is 10.6. The predicted molar refractivity (Wildman–Crippen MR) is 63.6 cm³/mol. The maximum Gasteiger partial charge on any atom is -0.0224 e. The van der Waals surface area contributed by atoms with Gasteiger partial charge in [-0.15, -0.1) is 0 Å². The molecule has 0 aromatic heterocycles. The first-order valence-electron chi connectivity index (χ1n) is 5.74. The van der Waals surface area contributed by atoms with E-state index >= 15 is 0 Å². The van der Waals surface area contributed by atoms with E-state index in [-0.39, 0.29) is 0 Å². The molecule has 0 amide bonds. The number of hydrogen-bond donors (Lipinski definition) is 0. The second kappa shape index (κ2) is 4.63. The maximum absolute atomic E-state index is 2.36. The van der Waals surface area contributed by atoms with E-state index in [0.717, 1.165) is 0 Å². The molecule has 0 bridgehead atoms. The largest absolute Gasteiger partial charge is 0.0683 e. The van der Waals surface area contributed by atoms with Crippen LogP contribution in [-0.4, -0.2) is 0 Å². The molecular weight excluding hydrogens is 168 g/mol. The average Bonchev–Trinajstić information content (AvgIpc) is 2.19. The van der Waals surface area contributed by atoms with Crippen molar-refractivity contribution in [2.24, 2.45) is 5.41 Å². The fourth-order valence-corrected chi connectivity index (χ4v) is 2.05. The average molecular weight is 190 g/mol. The summed E-state index contributed by atoms with van der Waals surface area (Å²) in [6.07, 6.45) is 3.86. The molecule has 0 atom stereocenters. The van der Waals surface area contributed by atoms with Gasteiger partial charge in [-0.25, -0.2) is 0 Å². The van der Waals surface area contributed by atoms with Crippen molar-refractivity contribution in [3.8, 4) is 0 Å². The van der Waals surface area contributed by atoms with Crippen molar-refractivity contribution < 1.29 is 0 Å². The summed E-state index contributed by atoms with van der Waals surface area (Å²) in [5.74, 6) is 0. The van der Waals surface area contributed by atoms with Crippen molar-refractivity contribution in [1.29, 1.82) is 0 Å². The molecule has 1 aliphatic carbocycles. The van der Waals surface area contributed by atoms with Crippen LogP contribution in [0.1, 0.15) is 45.2 Å². The van der Waals surface area contributed by atoms with Crippen molar-refractivity contribution in [3.05, 3.63) is 35.4 Å². The van der Waals surface area contributed by atoms with Crippen molar-refractivity contribution in [2.45, 2.75) is 47.0 Å². The molecule has 2 rings (SSSR count). The molecule has 0 nitrogen and oxygen atoms in total. The third-order valence-corrected chi connectivity index (χ3v) is 2.86. The van der Waals surface area contributed by atoms with Crippen molar-refractivity contribution in [2.75, 3.05) is 0 Å². The Morgan fingerprint density at radius 2 is 1.57 bits per heavy atom. The second-order valence-corrected chi connectivity index (χ2v) is 4.61. The first-order valence-corrected chi connectivity index (χ1v) is 5.74. The zero-order valence-electron chi connectivity index (χ0n) is 9.93.